The fourth-order valence-electron chi connectivity index (χ4n) is 1.05. The number of rotatable bonds is 2. The minimum atomic E-state index is -0.639. The Morgan fingerprint density at radius 2 is 2.00 bits per heavy atom. The van der Waals surface area contributed by atoms with Crippen molar-refractivity contribution < 1.29 is 19.7 Å². The molecule has 0 heterocycles. The first-order valence-electron chi connectivity index (χ1n) is 4.26. The molecule has 0 spiro atoms. The Morgan fingerprint density at radius 1 is 1.36 bits per heavy atom. The van der Waals surface area contributed by atoms with Gasteiger partial charge in [0.25, 0.3) is 0 Å². The molecule has 0 bridgehead atoms. The van der Waals surface area contributed by atoms with Gasteiger partial charge < -0.3 is 14.9 Å². The Morgan fingerprint density at radius 3 is 2.57 bits per heavy atom. The van der Waals surface area contributed by atoms with Crippen LogP contribution in [0.4, 0.5) is 0 Å². The second-order valence-electron chi connectivity index (χ2n) is 2.85. The van der Waals surface area contributed by atoms with Crippen LogP contribution in [0, 0.1) is 6.92 Å². The van der Waals surface area contributed by atoms with E-state index in [9.17, 15) is 15.0 Å². The van der Waals surface area contributed by atoms with E-state index in [2.05, 4.69) is 0 Å². The first-order valence-corrected chi connectivity index (χ1v) is 4.26. The smallest absolute Gasteiger partial charge is 0.342 e. The van der Waals surface area contributed by atoms with Crippen LogP contribution in [-0.2, 0) is 4.74 Å². The molecule has 76 valence electrons. The third kappa shape index (κ3) is 1.79. The summed E-state index contributed by atoms with van der Waals surface area (Å²) < 4.78 is 4.69. The third-order valence-corrected chi connectivity index (χ3v) is 1.85. The highest BCUT2D eigenvalue weighted by Gasteiger charge is 2.16. The van der Waals surface area contributed by atoms with E-state index in [4.69, 9.17) is 4.74 Å². The molecule has 4 heteroatoms. The molecule has 0 atom stereocenters. The zero-order valence-corrected chi connectivity index (χ0v) is 8.07. The summed E-state index contributed by atoms with van der Waals surface area (Å²) >= 11 is 0. The summed E-state index contributed by atoms with van der Waals surface area (Å²) in [5.41, 5.74) is 0.491. The maximum Gasteiger partial charge on any atom is 0.342 e. The van der Waals surface area contributed by atoms with Crippen LogP contribution in [0.3, 0.4) is 0 Å². The molecule has 1 aromatic rings. The maximum absolute atomic E-state index is 11.2. The maximum atomic E-state index is 11.2. The molecule has 14 heavy (non-hydrogen) atoms. The van der Waals surface area contributed by atoms with Crippen LogP contribution >= 0.6 is 0 Å². The summed E-state index contributed by atoms with van der Waals surface area (Å²) in [5.74, 6) is -1.35. The van der Waals surface area contributed by atoms with E-state index in [-0.39, 0.29) is 17.9 Å². The van der Waals surface area contributed by atoms with Gasteiger partial charge in [0.1, 0.15) is 5.56 Å². The fourth-order valence-corrected chi connectivity index (χ4v) is 1.05. The molecule has 0 aliphatic carbocycles. The lowest BCUT2D eigenvalue weighted by molar-refractivity contribution is 0.0522. The van der Waals surface area contributed by atoms with Gasteiger partial charge >= 0.3 is 5.97 Å². The number of hydrogen-bond donors (Lipinski definition) is 2. The Labute approximate surface area is 81.8 Å². The summed E-state index contributed by atoms with van der Waals surface area (Å²) in [6.45, 7) is 3.53. The number of benzene rings is 1. The van der Waals surface area contributed by atoms with Crippen molar-refractivity contribution in [2.45, 2.75) is 13.8 Å². The van der Waals surface area contributed by atoms with Crippen LogP contribution in [-0.4, -0.2) is 22.8 Å². The van der Waals surface area contributed by atoms with Crippen molar-refractivity contribution in [3.05, 3.63) is 23.3 Å². The highest BCUT2D eigenvalue weighted by atomic mass is 16.5. The van der Waals surface area contributed by atoms with Crippen molar-refractivity contribution in [1.29, 1.82) is 0 Å². The monoisotopic (exact) mass is 196 g/mol. The van der Waals surface area contributed by atoms with Crippen molar-refractivity contribution in [2.24, 2.45) is 0 Å². The summed E-state index contributed by atoms with van der Waals surface area (Å²) in [6.07, 6.45) is 0. The first-order chi connectivity index (χ1) is 6.57. The molecule has 0 fully saturated rings. The molecule has 2 N–H and O–H groups in total. The summed E-state index contributed by atoms with van der Waals surface area (Å²) in [6, 6.07) is 2.96. The van der Waals surface area contributed by atoms with Crippen LogP contribution in [0.5, 0.6) is 11.5 Å². The molecule has 0 aliphatic rings. The largest absolute Gasteiger partial charge is 0.504 e. The third-order valence-electron chi connectivity index (χ3n) is 1.85. The van der Waals surface area contributed by atoms with Gasteiger partial charge in [-0.15, -0.1) is 0 Å². The van der Waals surface area contributed by atoms with Gasteiger partial charge in [0.05, 0.1) is 6.61 Å². The van der Waals surface area contributed by atoms with Gasteiger partial charge in [0, 0.05) is 0 Å². The average Bonchev–Trinajstić information content (AvgIpc) is 2.15. The van der Waals surface area contributed by atoms with E-state index in [0.717, 1.165) is 0 Å². The van der Waals surface area contributed by atoms with Crippen molar-refractivity contribution in [2.75, 3.05) is 6.61 Å². The summed E-state index contributed by atoms with van der Waals surface area (Å²) in [5, 5.41) is 18.8. The molecular formula is C10H12O4. The minimum Gasteiger partial charge on any atom is -0.504 e. The number of carbonyl (C=O) groups excluding carboxylic acids is 1. The highest BCUT2D eigenvalue weighted by Crippen LogP contribution is 2.32. The second kappa shape index (κ2) is 4.00. The van der Waals surface area contributed by atoms with Crippen molar-refractivity contribution in [3.63, 3.8) is 0 Å². The Kier molecular flexibility index (Phi) is 2.96. The fraction of sp³-hybridized carbons (Fsp3) is 0.300. The van der Waals surface area contributed by atoms with E-state index in [0.29, 0.717) is 5.56 Å². The van der Waals surface area contributed by atoms with Gasteiger partial charge in [0.15, 0.2) is 11.5 Å². The number of hydrogen-bond acceptors (Lipinski definition) is 4. The number of phenols is 2. The molecule has 0 aromatic heterocycles. The molecule has 0 aliphatic heterocycles. The number of ether oxygens (including phenoxy) is 1. The Hall–Kier alpha value is -1.71. The number of aryl methyl sites for hydroxylation is 1. The van der Waals surface area contributed by atoms with Crippen LogP contribution in [0.25, 0.3) is 0 Å². The zero-order valence-electron chi connectivity index (χ0n) is 8.07. The summed E-state index contributed by atoms with van der Waals surface area (Å²) in [4.78, 5) is 11.2. The lowest BCUT2D eigenvalue weighted by atomic mass is 10.1. The van der Waals surface area contributed by atoms with E-state index < -0.39 is 11.7 Å². The van der Waals surface area contributed by atoms with Gasteiger partial charge in [-0.1, -0.05) is 6.07 Å². The second-order valence-corrected chi connectivity index (χ2v) is 2.85. The summed E-state index contributed by atoms with van der Waals surface area (Å²) in [7, 11) is 0. The van der Waals surface area contributed by atoms with Crippen molar-refractivity contribution >= 4 is 5.97 Å². The molecule has 1 rings (SSSR count). The van der Waals surface area contributed by atoms with E-state index in [1.807, 2.05) is 0 Å². The predicted molar refractivity (Wildman–Crippen MR) is 50.5 cm³/mol. The van der Waals surface area contributed by atoms with Gasteiger partial charge in [-0.2, -0.15) is 0 Å². The van der Waals surface area contributed by atoms with E-state index in [1.54, 1.807) is 19.9 Å². The van der Waals surface area contributed by atoms with Crippen LogP contribution in [0.2, 0.25) is 0 Å². The van der Waals surface area contributed by atoms with Crippen LogP contribution in [0.15, 0.2) is 12.1 Å². The van der Waals surface area contributed by atoms with Gasteiger partial charge in [-0.05, 0) is 25.5 Å². The van der Waals surface area contributed by atoms with E-state index in [1.165, 1.54) is 6.07 Å². The lowest BCUT2D eigenvalue weighted by Crippen LogP contribution is -2.04. The highest BCUT2D eigenvalue weighted by molar-refractivity contribution is 5.93. The molecule has 0 amide bonds. The topological polar surface area (TPSA) is 66.8 Å². The molecule has 1 aromatic carbocycles. The first kappa shape index (κ1) is 10.4. The molecule has 4 nitrogen and oxygen atoms in total. The van der Waals surface area contributed by atoms with Crippen LogP contribution < -0.4 is 0 Å². The predicted octanol–water partition coefficient (Wildman–Crippen LogP) is 1.58. The van der Waals surface area contributed by atoms with Gasteiger partial charge in [0.2, 0.25) is 0 Å². The standard InChI is InChI=1S/C10H12O4/c1-3-14-10(13)7-5-4-6(2)8(11)9(7)12/h4-5,11-12H,3H2,1-2H3. The number of esters is 1. The zero-order chi connectivity index (χ0) is 10.7. The van der Waals surface area contributed by atoms with Crippen molar-refractivity contribution in [3.8, 4) is 11.5 Å². The SMILES string of the molecule is CCOC(=O)c1ccc(C)c(O)c1O. The molecule has 0 saturated heterocycles. The van der Waals surface area contributed by atoms with E-state index >= 15 is 0 Å². The van der Waals surface area contributed by atoms with Crippen molar-refractivity contribution in [1.82, 2.24) is 0 Å². The molecule has 0 unspecified atom stereocenters. The number of phenolic OH excluding ortho intramolecular Hbond substituents is 2. The lowest BCUT2D eigenvalue weighted by Gasteiger charge is -2.07. The van der Waals surface area contributed by atoms with Gasteiger partial charge in [-0.3, -0.25) is 0 Å². The van der Waals surface area contributed by atoms with Crippen LogP contribution in [0.1, 0.15) is 22.8 Å². The average molecular weight is 196 g/mol. The Bertz CT molecular complexity index is 357. The van der Waals surface area contributed by atoms with Gasteiger partial charge in [-0.25, -0.2) is 4.79 Å². The normalized spacial score (nSPS) is 9.86. The minimum absolute atomic E-state index is 0.0186. The molecule has 0 radical (unpaired) electrons. The quantitative estimate of drug-likeness (QED) is 0.556. The Balaban J connectivity index is 3.11. The molecular weight excluding hydrogens is 184 g/mol. The molecule has 0 saturated carbocycles. The number of carbonyl (C=O) groups is 1. The number of aromatic hydroxyl groups is 2.